The van der Waals surface area contributed by atoms with Gasteiger partial charge in [-0.05, 0) is 17.7 Å². The zero-order valence-corrected chi connectivity index (χ0v) is 11.5. The second-order valence-electron chi connectivity index (χ2n) is 3.59. The highest BCUT2D eigenvalue weighted by Crippen LogP contribution is 2.32. The zero-order chi connectivity index (χ0) is 13.8. The molecule has 2 rings (SSSR count). The maximum Gasteiger partial charge on any atom is 0.349 e. The van der Waals surface area contributed by atoms with Gasteiger partial charge < -0.3 is 14.6 Å². The van der Waals surface area contributed by atoms with Crippen LogP contribution in [0.3, 0.4) is 0 Å². The molecule has 19 heavy (non-hydrogen) atoms. The minimum Gasteiger partial charge on any atom is -0.477 e. The summed E-state index contributed by atoms with van der Waals surface area (Å²) >= 11 is 6.59. The molecule has 0 aliphatic carbocycles. The first-order valence-electron chi connectivity index (χ1n) is 5.25. The fourth-order valence-corrected chi connectivity index (χ4v) is 2.42. The molecule has 0 radical (unpaired) electrons. The number of hydrogen-bond donors (Lipinski definition) is 1. The Balaban J connectivity index is 2.19. The minimum absolute atomic E-state index is 0.0373. The van der Waals surface area contributed by atoms with Gasteiger partial charge >= 0.3 is 5.97 Å². The van der Waals surface area contributed by atoms with Gasteiger partial charge in [0.15, 0.2) is 10.0 Å². The Bertz CT molecular complexity index is 599. The first-order chi connectivity index (χ1) is 9.10. The monoisotopic (exact) mass is 299 g/mol. The Hall–Kier alpha value is -1.63. The van der Waals surface area contributed by atoms with Gasteiger partial charge in [-0.25, -0.2) is 4.79 Å². The number of aromatic carboxylic acids is 1. The van der Waals surface area contributed by atoms with Crippen molar-refractivity contribution in [3.05, 3.63) is 39.9 Å². The summed E-state index contributed by atoms with van der Waals surface area (Å²) in [6, 6.07) is 7.25. The second-order valence-corrected chi connectivity index (χ2v) is 4.91. The largest absolute Gasteiger partial charge is 0.477 e. The summed E-state index contributed by atoms with van der Waals surface area (Å²) in [5.74, 6) is -0.567. The van der Waals surface area contributed by atoms with E-state index >= 15 is 0 Å². The quantitative estimate of drug-likeness (QED) is 0.916. The van der Waals surface area contributed by atoms with E-state index in [1.807, 2.05) is 12.1 Å². The molecule has 0 spiro atoms. The fraction of sp³-hybridized carbons (Fsp3) is 0.167. The standard InChI is InChI=1S/C12H10ClNO4S/c1-17-6-7-3-2-4-8(5-7)18-12-14-10(13)9(19-12)11(15)16/h2-5H,6H2,1H3,(H,15,16). The van der Waals surface area contributed by atoms with Gasteiger partial charge in [0, 0.05) is 7.11 Å². The molecule has 0 amide bonds. The number of methoxy groups -OCH3 is 1. The van der Waals surface area contributed by atoms with E-state index in [-0.39, 0.29) is 15.2 Å². The van der Waals surface area contributed by atoms with Gasteiger partial charge in [0.05, 0.1) is 6.61 Å². The lowest BCUT2D eigenvalue weighted by Crippen LogP contribution is -1.91. The molecule has 0 bridgehead atoms. The van der Waals surface area contributed by atoms with Gasteiger partial charge in [0.25, 0.3) is 5.19 Å². The molecule has 0 atom stereocenters. The lowest BCUT2D eigenvalue weighted by atomic mass is 10.2. The topological polar surface area (TPSA) is 68.7 Å². The van der Waals surface area contributed by atoms with Crippen LogP contribution in [0.5, 0.6) is 10.9 Å². The second kappa shape index (κ2) is 6.01. The number of ether oxygens (including phenoxy) is 2. The first kappa shape index (κ1) is 13.8. The van der Waals surface area contributed by atoms with Crippen molar-refractivity contribution in [2.75, 3.05) is 7.11 Å². The molecule has 2 aromatic rings. The Morgan fingerprint density at radius 3 is 2.95 bits per heavy atom. The van der Waals surface area contributed by atoms with Crippen LogP contribution in [0.2, 0.25) is 5.15 Å². The molecule has 1 N–H and O–H groups in total. The van der Waals surface area contributed by atoms with Crippen LogP contribution in [0, 0.1) is 0 Å². The molecule has 0 saturated heterocycles. The van der Waals surface area contributed by atoms with Crippen molar-refractivity contribution in [1.29, 1.82) is 0 Å². The molecule has 0 fully saturated rings. The lowest BCUT2D eigenvalue weighted by Gasteiger charge is -2.04. The smallest absolute Gasteiger partial charge is 0.349 e. The Morgan fingerprint density at radius 1 is 1.53 bits per heavy atom. The fourth-order valence-electron chi connectivity index (χ4n) is 1.42. The van der Waals surface area contributed by atoms with Gasteiger partial charge in [-0.15, -0.1) is 0 Å². The normalized spacial score (nSPS) is 10.4. The van der Waals surface area contributed by atoms with E-state index in [9.17, 15) is 4.79 Å². The summed E-state index contributed by atoms with van der Waals surface area (Å²) in [5, 5.41) is 9.00. The van der Waals surface area contributed by atoms with Crippen LogP contribution in [-0.2, 0) is 11.3 Å². The molecular weight excluding hydrogens is 290 g/mol. The van der Waals surface area contributed by atoms with Crippen molar-refractivity contribution in [3.8, 4) is 10.9 Å². The van der Waals surface area contributed by atoms with Crippen LogP contribution in [0.4, 0.5) is 0 Å². The molecule has 0 saturated carbocycles. The molecule has 7 heteroatoms. The van der Waals surface area contributed by atoms with Gasteiger partial charge in [0.1, 0.15) is 5.75 Å². The van der Waals surface area contributed by atoms with Crippen molar-refractivity contribution in [2.45, 2.75) is 6.61 Å². The summed E-state index contributed by atoms with van der Waals surface area (Å²) in [4.78, 5) is 14.7. The Morgan fingerprint density at radius 2 is 2.32 bits per heavy atom. The van der Waals surface area contributed by atoms with E-state index in [2.05, 4.69) is 4.98 Å². The number of carbonyl (C=O) groups is 1. The Kier molecular flexibility index (Phi) is 4.36. The van der Waals surface area contributed by atoms with Gasteiger partial charge in [-0.1, -0.05) is 35.1 Å². The number of carboxylic acids is 1. The maximum atomic E-state index is 10.8. The number of benzene rings is 1. The van der Waals surface area contributed by atoms with Crippen molar-refractivity contribution in [2.24, 2.45) is 0 Å². The summed E-state index contributed by atoms with van der Waals surface area (Å²) in [6.45, 7) is 0.468. The van der Waals surface area contributed by atoms with Crippen LogP contribution >= 0.6 is 22.9 Å². The number of thiazole rings is 1. The van der Waals surface area contributed by atoms with Crippen molar-refractivity contribution < 1.29 is 19.4 Å². The molecule has 0 aliphatic rings. The molecule has 0 aliphatic heterocycles. The third-order valence-electron chi connectivity index (χ3n) is 2.18. The maximum absolute atomic E-state index is 10.8. The average molecular weight is 300 g/mol. The molecule has 5 nitrogen and oxygen atoms in total. The van der Waals surface area contributed by atoms with E-state index in [0.29, 0.717) is 12.4 Å². The van der Waals surface area contributed by atoms with Crippen LogP contribution in [0.15, 0.2) is 24.3 Å². The van der Waals surface area contributed by atoms with Crippen LogP contribution < -0.4 is 4.74 Å². The van der Waals surface area contributed by atoms with Gasteiger partial charge in [0.2, 0.25) is 0 Å². The molecular formula is C12H10ClNO4S. The Labute approximate surface area is 118 Å². The zero-order valence-electron chi connectivity index (χ0n) is 9.92. The van der Waals surface area contributed by atoms with E-state index in [0.717, 1.165) is 16.9 Å². The molecule has 1 aromatic carbocycles. The van der Waals surface area contributed by atoms with E-state index in [1.165, 1.54) is 0 Å². The number of halogens is 1. The summed E-state index contributed by atoms with van der Waals surface area (Å²) in [5.41, 5.74) is 0.945. The van der Waals surface area contributed by atoms with E-state index in [4.69, 9.17) is 26.2 Å². The first-order valence-corrected chi connectivity index (χ1v) is 6.45. The predicted molar refractivity (Wildman–Crippen MR) is 71.3 cm³/mol. The van der Waals surface area contributed by atoms with Crippen molar-refractivity contribution in [1.82, 2.24) is 4.98 Å². The molecule has 1 aromatic heterocycles. The third-order valence-corrected chi connectivity index (χ3v) is 3.48. The number of aromatic nitrogens is 1. The summed E-state index contributed by atoms with van der Waals surface area (Å²) < 4.78 is 10.5. The number of hydrogen-bond acceptors (Lipinski definition) is 5. The molecule has 1 heterocycles. The SMILES string of the molecule is COCc1cccc(Oc2nc(Cl)c(C(=O)O)s2)c1. The van der Waals surface area contributed by atoms with Crippen LogP contribution in [0.25, 0.3) is 0 Å². The minimum atomic E-state index is -1.12. The highest BCUT2D eigenvalue weighted by atomic mass is 35.5. The number of rotatable bonds is 5. The number of carboxylic acid groups (broad SMARTS) is 1. The van der Waals surface area contributed by atoms with Crippen LogP contribution in [-0.4, -0.2) is 23.2 Å². The van der Waals surface area contributed by atoms with Gasteiger partial charge in [-0.2, -0.15) is 4.98 Å². The van der Waals surface area contributed by atoms with Crippen LogP contribution in [0.1, 0.15) is 15.2 Å². The van der Waals surface area contributed by atoms with Gasteiger partial charge in [-0.3, -0.25) is 0 Å². The summed E-state index contributed by atoms with van der Waals surface area (Å²) in [7, 11) is 1.60. The van der Waals surface area contributed by atoms with E-state index in [1.54, 1.807) is 19.2 Å². The lowest BCUT2D eigenvalue weighted by molar-refractivity contribution is 0.0702. The van der Waals surface area contributed by atoms with Crippen molar-refractivity contribution >= 4 is 28.9 Å². The summed E-state index contributed by atoms with van der Waals surface area (Å²) in [6.07, 6.45) is 0. The highest BCUT2D eigenvalue weighted by Gasteiger charge is 2.17. The third kappa shape index (κ3) is 3.44. The van der Waals surface area contributed by atoms with E-state index < -0.39 is 5.97 Å². The van der Waals surface area contributed by atoms with Crippen molar-refractivity contribution in [3.63, 3.8) is 0 Å². The predicted octanol–water partition coefficient (Wildman–Crippen LogP) is 3.43. The highest BCUT2D eigenvalue weighted by molar-refractivity contribution is 7.15. The average Bonchev–Trinajstić information content (AvgIpc) is 2.71. The molecule has 100 valence electrons. The number of nitrogens with zero attached hydrogens (tertiary/aromatic N) is 1. The molecule has 0 unspecified atom stereocenters.